The van der Waals surface area contributed by atoms with E-state index in [4.69, 9.17) is 25.2 Å². The minimum absolute atomic E-state index is 0. The summed E-state index contributed by atoms with van der Waals surface area (Å²) in [6.07, 6.45) is 5.38. The Bertz CT molecular complexity index is 1270. The van der Waals surface area contributed by atoms with Gasteiger partial charge >= 0.3 is 52.2 Å². The molecular formula is C35H40Cl2FeLiN3. The zero-order valence-electron chi connectivity index (χ0n) is 25.5. The minimum Gasteiger partial charge on any atom is 1.00 e. The van der Waals surface area contributed by atoms with Crippen LogP contribution in [0.3, 0.4) is 0 Å². The van der Waals surface area contributed by atoms with Crippen LogP contribution in [0.15, 0.2) is 127 Å². The summed E-state index contributed by atoms with van der Waals surface area (Å²) in [5.41, 5.74) is 8.10. The maximum absolute atomic E-state index is 4.87. The standard InChI is InChI=1S/C21H20N2.C9H12N.C5H8.2ClH.Fe.Li/c1-16-9-3-5-12-19(16)21(20-13-6-4-10-17(20)2)23-15-18-11-7-8-14-22-18;1-10(2)8-9-6-4-3-5-7-9;1-4-5(2)3;;;;/h3-15,21H,1-2H3;3-6H,8H2,1-2H3;4H,1-2H2,3H3;2*1H;;/q;-1;;;;+2;+1/p-2. The van der Waals surface area contributed by atoms with Crippen LogP contribution >= 0.6 is 20.2 Å². The summed E-state index contributed by atoms with van der Waals surface area (Å²) in [7, 11) is 13.6. The first-order valence-electron chi connectivity index (χ1n) is 13.0. The Morgan fingerprint density at radius 3 is 1.83 bits per heavy atom. The summed E-state index contributed by atoms with van der Waals surface area (Å²) in [6.45, 7) is 14.2. The molecule has 0 spiro atoms. The summed E-state index contributed by atoms with van der Waals surface area (Å²) < 4.78 is 0. The number of hydrogen-bond donors (Lipinski definition) is 0. The van der Waals surface area contributed by atoms with Gasteiger partial charge in [0, 0.05) is 19.0 Å². The van der Waals surface area contributed by atoms with Gasteiger partial charge in [-0.1, -0.05) is 79.4 Å². The molecule has 0 atom stereocenters. The zero-order chi connectivity index (χ0) is 30.5. The van der Waals surface area contributed by atoms with E-state index in [2.05, 4.69) is 112 Å². The average Bonchev–Trinajstić information content (AvgIpc) is 2.97. The Morgan fingerprint density at radius 2 is 1.43 bits per heavy atom. The van der Waals surface area contributed by atoms with Gasteiger partial charge in [-0.3, -0.25) is 9.98 Å². The normalized spacial score (nSPS) is 9.93. The molecule has 0 radical (unpaired) electrons. The van der Waals surface area contributed by atoms with Gasteiger partial charge in [0.2, 0.25) is 0 Å². The fourth-order valence-electron chi connectivity index (χ4n) is 3.59. The number of rotatable bonds is 7. The fraction of sp³-hybridized carbons (Fsp3) is 0.200. The van der Waals surface area contributed by atoms with Crippen molar-refractivity contribution >= 4 is 26.4 Å². The first-order valence-corrected chi connectivity index (χ1v) is 16.1. The molecule has 0 N–H and O–H groups in total. The first-order chi connectivity index (χ1) is 19.7. The molecular weight excluding hydrogens is 596 g/mol. The Morgan fingerprint density at radius 1 is 0.929 bits per heavy atom. The molecule has 4 rings (SSSR count). The maximum Gasteiger partial charge on any atom is 1.00 e. The number of aromatic nitrogens is 1. The van der Waals surface area contributed by atoms with E-state index in [0.717, 1.165) is 17.8 Å². The predicted octanol–water partition coefficient (Wildman–Crippen LogP) is 6.58. The fourth-order valence-corrected chi connectivity index (χ4v) is 3.59. The number of nitrogens with zero attached hydrogens (tertiary/aromatic N) is 3. The van der Waals surface area contributed by atoms with Gasteiger partial charge < -0.3 is 4.90 Å². The van der Waals surface area contributed by atoms with Crippen molar-refractivity contribution in [2.75, 3.05) is 14.1 Å². The molecule has 0 aliphatic rings. The number of aryl methyl sites for hydroxylation is 2. The number of benzene rings is 3. The van der Waals surface area contributed by atoms with E-state index in [9.17, 15) is 0 Å². The van der Waals surface area contributed by atoms with Gasteiger partial charge in [-0.2, -0.15) is 30.3 Å². The van der Waals surface area contributed by atoms with Gasteiger partial charge in [-0.05, 0) is 69.3 Å². The molecule has 0 fully saturated rings. The van der Waals surface area contributed by atoms with E-state index in [1.54, 1.807) is 12.3 Å². The maximum atomic E-state index is 4.87. The van der Waals surface area contributed by atoms with Crippen molar-refractivity contribution in [1.29, 1.82) is 0 Å². The molecule has 1 aromatic heterocycles. The number of aliphatic imine (C=N–C) groups is 1. The third-order valence-corrected chi connectivity index (χ3v) is 5.62. The van der Waals surface area contributed by atoms with Gasteiger partial charge in [-0.15, -0.1) is 5.56 Å². The number of hydrogen-bond acceptors (Lipinski definition) is 3. The summed E-state index contributed by atoms with van der Waals surface area (Å²) >= 11 is 0.194. The molecule has 0 saturated carbocycles. The van der Waals surface area contributed by atoms with Crippen LogP contribution in [0.4, 0.5) is 0 Å². The van der Waals surface area contributed by atoms with E-state index < -0.39 is 0 Å². The second-order valence-corrected chi connectivity index (χ2v) is 11.2. The van der Waals surface area contributed by atoms with Gasteiger partial charge in [-0.25, -0.2) is 0 Å². The first kappa shape index (κ1) is 39.6. The average molecular weight is 636 g/mol. The van der Waals surface area contributed by atoms with Crippen LogP contribution in [0.25, 0.3) is 0 Å². The van der Waals surface area contributed by atoms with E-state index in [-0.39, 0.29) is 38.0 Å². The van der Waals surface area contributed by atoms with E-state index >= 15 is 0 Å². The van der Waals surface area contributed by atoms with Crippen LogP contribution in [0.1, 0.15) is 46.5 Å². The van der Waals surface area contributed by atoms with E-state index in [1.165, 1.54) is 27.8 Å². The largest absolute Gasteiger partial charge is 1.00 e. The monoisotopic (exact) mass is 635 g/mol. The van der Waals surface area contributed by atoms with Crippen molar-refractivity contribution in [3.63, 3.8) is 0 Å². The van der Waals surface area contributed by atoms with Crippen LogP contribution < -0.4 is 18.9 Å². The molecule has 0 aliphatic carbocycles. The Labute approximate surface area is 280 Å². The SMILES string of the molecule is C=CC(=C)C.CN(C)Cc1[c-]cccc1.Cc1ccccc1C(N=Cc1ccccn1)c1ccccc1C.[Cl][Fe][Cl].[Li+]. The van der Waals surface area contributed by atoms with Crippen LogP contribution in [0.5, 0.6) is 0 Å². The smallest absolute Gasteiger partial charge is 1.00 e. The summed E-state index contributed by atoms with van der Waals surface area (Å²) in [5, 5.41) is 0. The van der Waals surface area contributed by atoms with Crippen molar-refractivity contribution in [1.82, 2.24) is 9.88 Å². The quantitative estimate of drug-likeness (QED) is 0.0993. The Hall–Kier alpha value is -2.38. The molecule has 218 valence electrons. The van der Waals surface area contributed by atoms with E-state index in [1.807, 2.05) is 49.5 Å². The second kappa shape index (κ2) is 24.1. The molecule has 0 aliphatic heterocycles. The summed E-state index contributed by atoms with van der Waals surface area (Å²) in [5.74, 6) is 0. The predicted molar refractivity (Wildman–Crippen MR) is 175 cm³/mol. The van der Waals surface area contributed by atoms with Gasteiger partial charge in [0.1, 0.15) is 6.04 Å². The van der Waals surface area contributed by atoms with Crippen molar-refractivity contribution in [3.05, 3.63) is 162 Å². The number of allylic oxidation sites excluding steroid dienone is 2. The van der Waals surface area contributed by atoms with Crippen LogP contribution in [0.2, 0.25) is 0 Å². The number of halogens is 2. The molecule has 4 aromatic rings. The second-order valence-electron chi connectivity index (χ2n) is 9.38. The molecule has 42 heavy (non-hydrogen) atoms. The summed E-state index contributed by atoms with van der Waals surface area (Å²) in [6, 6.07) is 33.9. The molecule has 0 unspecified atom stereocenters. The Kier molecular flexibility index (Phi) is 22.7. The van der Waals surface area contributed by atoms with Gasteiger partial charge in [0.25, 0.3) is 0 Å². The molecule has 0 saturated heterocycles. The van der Waals surface area contributed by atoms with Crippen LogP contribution in [0, 0.1) is 19.9 Å². The third-order valence-electron chi connectivity index (χ3n) is 5.62. The summed E-state index contributed by atoms with van der Waals surface area (Å²) in [4.78, 5) is 11.3. The van der Waals surface area contributed by atoms with Crippen molar-refractivity contribution in [3.8, 4) is 0 Å². The van der Waals surface area contributed by atoms with Gasteiger partial charge in [0.05, 0.1) is 5.69 Å². The van der Waals surface area contributed by atoms with Crippen molar-refractivity contribution < 1.29 is 32.0 Å². The van der Waals surface area contributed by atoms with E-state index in [0.29, 0.717) is 0 Å². The van der Waals surface area contributed by atoms with Crippen molar-refractivity contribution in [2.45, 2.75) is 33.4 Å². The third kappa shape index (κ3) is 16.9. The molecule has 3 aromatic carbocycles. The molecule has 7 heteroatoms. The molecule has 3 nitrogen and oxygen atoms in total. The molecule has 1 heterocycles. The molecule has 0 amide bonds. The van der Waals surface area contributed by atoms with Crippen LogP contribution in [-0.4, -0.2) is 30.2 Å². The zero-order valence-corrected chi connectivity index (χ0v) is 28.2. The van der Waals surface area contributed by atoms with Crippen molar-refractivity contribution in [2.24, 2.45) is 4.99 Å². The molecule has 0 bridgehead atoms. The number of pyridine rings is 1. The van der Waals surface area contributed by atoms with Gasteiger partial charge in [0.15, 0.2) is 0 Å². The minimum atomic E-state index is -0.0144. The Balaban J connectivity index is 0.000000733. The topological polar surface area (TPSA) is 28.5 Å². The van der Waals surface area contributed by atoms with Crippen LogP contribution in [-0.2, 0) is 19.7 Å².